The van der Waals surface area contributed by atoms with E-state index in [0.717, 1.165) is 37.7 Å². The van der Waals surface area contributed by atoms with Crippen molar-refractivity contribution in [2.24, 2.45) is 0 Å². The van der Waals surface area contributed by atoms with Crippen molar-refractivity contribution in [3.05, 3.63) is 24.3 Å². The maximum Gasteiger partial charge on any atom is 0.142 e. The normalized spacial score (nSPS) is 15.8. The monoisotopic (exact) mass is 239 g/mol. The van der Waals surface area contributed by atoms with Crippen molar-refractivity contribution >= 4 is 17.4 Å². The van der Waals surface area contributed by atoms with E-state index in [1.807, 2.05) is 36.0 Å². The lowest BCUT2D eigenvalue weighted by Gasteiger charge is -2.25. The molecule has 2 N–H and O–H groups in total. The summed E-state index contributed by atoms with van der Waals surface area (Å²) in [5.74, 6) is 1.92. The number of anilines is 1. The highest BCUT2D eigenvalue weighted by molar-refractivity contribution is 8.00. The van der Waals surface area contributed by atoms with Crippen LogP contribution >= 0.6 is 11.8 Å². The van der Waals surface area contributed by atoms with Gasteiger partial charge in [0, 0.05) is 0 Å². The Morgan fingerprint density at radius 3 is 2.88 bits per heavy atom. The van der Waals surface area contributed by atoms with E-state index in [0.29, 0.717) is 10.9 Å². The van der Waals surface area contributed by atoms with E-state index in [4.69, 9.17) is 15.2 Å². The van der Waals surface area contributed by atoms with Crippen LogP contribution in [0.4, 0.5) is 5.69 Å². The van der Waals surface area contributed by atoms with Gasteiger partial charge in [0.25, 0.3) is 0 Å². The summed E-state index contributed by atoms with van der Waals surface area (Å²) in [4.78, 5) is 0. The molecule has 0 radical (unpaired) electrons. The van der Waals surface area contributed by atoms with Gasteiger partial charge in [-0.3, -0.25) is 0 Å². The average molecular weight is 239 g/mol. The maximum absolute atomic E-state index is 5.77. The van der Waals surface area contributed by atoms with Crippen molar-refractivity contribution in [2.75, 3.05) is 31.3 Å². The summed E-state index contributed by atoms with van der Waals surface area (Å²) < 4.78 is 10.7. The van der Waals surface area contributed by atoms with Crippen LogP contribution in [0.15, 0.2) is 24.3 Å². The van der Waals surface area contributed by atoms with Gasteiger partial charge in [-0.15, -0.1) is 0 Å². The molecule has 0 spiro atoms. The van der Waals surface area contributed by atoms with Crippen LogP contribution in [-0.2, 0) is 4.74 Å². The van der Waals surface area contributed by atoms with Crippen molar-refractivity contribution in [3.8, 4) is 5.75 Å². The second-order valence-corrected chi connectivity index (χ2v) is 5.18. The van der Waals surface area contributed by atoms with Crippen LogP contribution in [0.1, 0.15) is 6.42 Å². The highest BCUT2D eigenvalue weighted by Crippen LogP contribution is 2.21. The van der Waals surface area contributed by atoms with Gasteiger partial charge < -0.3 is 15.2 Å². The van der Waals surface area contributed by atoms with Crippen LogP contribution in [0.5, 0.6) is 5.75 Å². The minimum absolute atomic E-state index is 0.710. The average Bonchev–Trinajstić information content (AvgIpc) is 2.23. The number of nitrogens with two attached hydrogens (primary N) is 1. The highest BCUT2D eigenvalue weighted by atomic mass is 32.2. The molecule has 4 heteroatoms. The SMILES string of the molecule is Nc1ccccc1OCCCSC1COC1. The van der Waals surface area contributed by atoms with Gasteiger partial charge in [0.05, 0.1) is 30.8 Å². The number of hydrogen-bond acceptors (Lipinski definition) is 4. The third-order valence-electron chi connectivity index (χ3n) is 2.43. The highest BCUT2D eigenvalue weighted by Gasteiger charge is 2.17. The molecular weight excluding hydrogens is 222 g/mol. The first-order chi connectivity index (χ1) is 7.86. The predicted molar refractivity (Wildman–Crippen MR) is 68.0 cm³/mol. The molecule has 16 heavy (non-hydrogen) atoms. The fraction of sp³-hybridized carbons (Fsp3) is 0.500. The Hall–Kier alpha value is -0.870. The Morgan fingerprint density at radius 1 is 1.38 bits per heavy atom. The molecule has 0 aromatic heterocycles. The largest absolute Gasteiger partial charge is 0.491 e. The molecule has 1 fully saturated rings. The van der Waals surface area contributed by atoms with Crippen LogP contribution in [0.3, 0.4) is 0 Å². The van der Waals surface area contributed by atoms with Crippen molar-refractivity contribution in [2.45, 2.75) is 11.7 Å². The first-order valence-corrected chi connectivity index (χ1v) is 6.58. The summed E-state index contributed by atoms with van der Waals surface area (Å²) in [6.45, 7) is 2.56. The van der Waals surface area contributed by atoms with Gasteiger partial charge in [0.1, 0.15) is 5.75 Å². The smallest absolute Gasteiger partial charge is 0.142 e. The van der Waals surface area contributed by atoms with Crippen LogP contribution in [0.25, 0.3) is 0 Å². The Kier molecular flexibility index (Phi) is 4.36. The summed E-state index contributed by atoms with van der Waals surface area (Å²) in [6, 6.07) is 7.61. The van der Waals surface area contributed by atoms with E-state index >= 15 is 0 Å². The zero-order valence-electron chi connectivity index (χ0n) is 9.22. The van der Waals surface area contributed by atoms with Gasteiger partial charge in [-0.2, -0.15) is 11.8 Å². The lowest BCUT2D eigenvalue weighted by molar-refractivity contribution is 0.0455. The molecule has 0 unspecified atom stereocenters. The van der Waals surface area contributed by atoms with Gasteiger partial charge in [-0.1, -0.05) is 12.1 Å². The van der Waals surface area contributed by atoms with Crippen LogP contribution in [0, 0.1) is 0 Å². The zero-order valence-corrected chi connectivity index (χ0v) is 10.0. The molecular formula is C12H17NO2S. The molecule has 1 aromatic carbocycles. The minimum Gasteiger partial charge on any atom is -0.491 e. The number of benzene rings is 1. The van der Waals surface area contributed by atoms with E-state index in [9.17, 15) is 0 Å². The van der Waals surface area contributed by atoms with Crippen LogP contribution in [-0.4, -0.2) is 30.8 Å². The molecule has 3 nitrogen and oxygen atoms in total. The standard InChI is InChI=1S/C12H17NO2S/c13-11-4-1-2-5-12(11)15-6-3-7-16-10-8-14-9-10/h1-2,4-5,10H,3,6-9,13H2. The molecule has 1 aliphatic heterocycles. The molecule has 0 bridgehead atoms. The van der Waals surface area contributed by atoms with Gasteiger partial charge in [0.15, 0.2) is 0 Å². The summed E-state index contributed by atoms with van der Waals surface area (Å²) in [5, 5.41) is 0.710. The predicted octanol–water partition coefficient (Wildman–Crippen LogP) is 2.17. The number of para-hydroxylation sites is 2. The molecule has 0 saturated carbocycles. The first-order valence-electron chi connectivity index (χ1n) is 5.53. The van der Waals surface area contributed by atoms with Crippen molar-refractivity contribution < 1.29 is 9.47 Å². The maximum atomic E-state index is 5.77. The molecule has 0 amide bonds. The second kappa shape index (κ2) is 6.01. The van der Waals surface area contributed by atoms with E-state index in [1.165, 1.54) is 0 Å². The Morgan fingerprint density at radius 2 is 2.19 bits per heavy atom. The van der Waals surface area contributed by atoms with E-state index in [2.05, 4.69) is 0 Å². The van der Waals surface area contributed by atoms with Gasteiger partial charge in [-0.05, 0) is 24.3 Å². The van der Waals surface area contributed by atoms with Gasteiger partial charge in [-0.25, -0.2) is 0 Å². The van der Waals surface area contributed by atoms with E-state index in [1.54, 1.807) is 0 Å². The number of nitrogen functional groups attached to an aromatic ring is 1. The molecule has 88 valence electrons. The third-order valence-corrected chi connectivity index (χ3v) is 3.69. The molecule has 1 aromatic rings. The summed E-state index contributed by atoms with van der Waals surface area (Å²) in [6.07, 6.45) is 1.05. The van der Waals surface area contributed by atoms with Crippen molar-refractivity contribution in [3.63, 3.8) is 0 Å². The summed E-state index contributed by atoms with van der Waals surface area (Å²) in [7, 11) is 0. The number of ether oxygens (including phenoxy) is 2. The molecule has 0 aliphatic carbocycles. The zero-order chi connectivity index (χ0) is 11.2. The fourth-order valence-corrected chi connectivity index (χ4v) is 2.42. The molecule has 2 rings (SSSR count). The minimum atomic E-state index is 0.710. The lowest BCUT2D eigenvalue weighted by atomic mass is 10.3. The summed E-state index contributed by atoms with van der Waals surface area (Å²) in [5.41, 5.74) is 6.48. The number of hydrogen-bond donors (Lipinski definition) is 1. The van der Waals surface area contributed by atoms with Crippen LogP contribution in [0.2, 0.25) is 0 Å². The second-order valence-electron chi connectivity index (χ2n) is 3.77. The van der Waals surface area contributed by atoms with E-state index < -0.39 is 0 Å². The van der Waals surface area contributed by atoms with Crippen molar-refractivity contribution in [1.82, 2.24) is 0 Å². The van der Waals surface area contributed by atoms with Crippen LogP contribution < -0.4 is 10.5 Å². The molecule has 0 atom stereocenters. The fourth-order valence-electron chi connectivity index (χ4n) is 1.41. The van der Waals surface area contributed by atoms with Crippen molar-refractivity contribution in [1.29, 1.82) is 0 Å². The topological polar surface area (TPSA) is 44.5 Å². The lowest BCUT2D eigenvalue weighted by Crippen LogP contribution is -2.30. The quantitative estimate of drug-likeness (QED) is 0.610. The summed E-state index contributed by atoms with van der Waals surface area (Å²) >= 11 is 1.97. The molecule has 1 saturated heterocycles. The number of thioether (sulfide) groups is 1. The first kappa shape index (κ1) is 11.6. The van der Waals surface area contributed by atoms with E-state index in [-0.39, 0.29) is 0 Å². The Labute approximate surface area is 100 Å². The van der Waals surface area contributed by atoms with Gasteiger partial charge >= 0.3 is 0 Å². The number of rotatable bonds is 6. The Bertz CT molecular complexity index is 329. The Balaban J connectivity index is 1.58. The van der Waals surface area contributed by atoms with Gasteiger partial charge in [0.2, 0.25) is 0 Å². The molecule has 1 aliphatic rings. The third kappa shape index (κ3) is 3.32. The molecule has 1 heterocycles.